The molecule has 1 atom stereocenters. The predicted octanol–water partition coefficient (Wildman–Crippen LogP) is 2.55. The van der Waals surface area contributed by atoms with Gasteiger partial charge in [-0.05, 0) is 32.1 Å². The Balaban J connectivity index is 0.00000208. The maximum Gasteiger partial charge on any atom is 0.191 e. The van der Waals surface area contributed by atoms with Gasteiger partial charge in [0.25, 0.3) is 0 Å². The fraction of sp³-hybridized carbons (Fsp3) is 0.750. The summed E-state index contributed by atoms with van der Waals surface area (Å²) in [7, 11) is 0. The second-order valence-corrected chi connectivity index (χ2v) is 7.03. The van der Waals surface area contributed by atoms with Crippen LogP contribution in [-0.2, 0) is 4.74 Å². The number of nitrogens with two attached hydrogens (primary N) is 1. The van der Waals surface area contributed by atoms with Gasteiger partial charge in [-0.15, -0.1) is 35.3 Å². The van der Waals surface area contributed by atoms with Crippen molar-refractivity contribution in [2.75, 3.05) is 44.2 Å². The van der Waals surface area contributed by atoms with Crippen molar-refractivity contribution < 1.29 is 4.74 Å². The van der Waals surface area contributed by atoms with Crippen LogP contribution in [0.3, 0.4) is 0 Å². The molecule has 2 aliphatic heterocycles. The third kappa shape index (κ3) is 5.73. The van der Waals surface area contributed by atoms with Gasteiger partial charge in [0.15, 0.2) is 11.1 Å². The number of halogens is 1. The molecule has 1 unspecified atom stereocenters. The highest BCUT2D eigenvalue weighted by Crippen LogP contribution is 2.19. The van der Waals surface area contributed by atoms with Crippen molar-refractivity contribution >= 4 is 46.4 Å². The minimum absolute atomic E-state index is 0. The Kier molecular flexibility index (Phi) is 8.54. The minimum atomic E-state index is 0. The zero-order chi connectivity index (χ0) is 15.9. The molecule has 0 aromatic carbocycles. The summed E-state index contributed by atoms with van der Waals surface area (Å²) >= 11 is 1.69. The van der Waals surface area contributed by atoms with Crippen molar-refractivity contribution in [3.05, 3.63) is 11.6 Å². The van der Waals surface area contributed by atoms with Crippen molar-refractivity contribution in [3.8, 4) is 0 Å². The molecule has 0 amide bonds. The van der Waals surface area contributed by atoms with E-state index in [-0.39, 0.29) is 24.0 Å². The number of rotatable bonds is 5. The summed E-state index contributed by atoms with van der Waals surface area (Å²) in [6, 6.07) is 0. The molecule has 0 saturated carbocycles. The third-order valence-corrected chi connectivity index (χ3v) is 5.36. The number of thiazole rings is 1. The normalized spacial score (nSPS) is 22.3. The fourth-order valence-corrected chi connectivity index (χ4v) is 3.84. The van der Waals surface area contributed by atoms with Crippen LogP contribution in [0, 0.1) is 0 Å². The van der Waals surface area contributed by atoms with E-state index < -0.39 is 0 Å². The van der Waals surface area contributed by atoms with E-state index in [0.717, 1.165) is 57.3 Å². The topological polar surface area (TPSA) is 67.0 Å². The number of anilines is 1. The lowest BCUT2D eigenvalue weighted by Gasteiger charge is -2.35. The van der Waals surface area contributed by atoms with Crippen LogP contribution in [0.2, 0.25) is 0 Å². The molecule has 0 aliphatic carbocycles. The number of hydrogen-bond acceptors (Lipinski definition) is 5. The van der Waals surface area contributed by atoms with Gasteiger partial charge < -0.3 is 20.3 Å². The van der Waals surface area contributed by atoms with Gasteiger partial charge in [0.1, 0.15) is 0 Å². The number of aromatic nitrogens is 1. The Morgan fingerprint density at radius 3 is 2.83 bits per heavy atom. The number of ether oxygens (including phenoxy) is 1. The quantitative estimate of drug-likeness (QED) is 0.314. The lowest BCUT2D eigenvalue weighted by atomic mass is 10.1. The summed E-state index contributed by atoms with van der Waals surface area (Å²) in [5, 5.41) is 3.13. The molecule has 1 aromatic heterocycles. The molecule has 0 spiro atoms. The summed E-state index contributed by atoms with van der Waals surface area (Å²) < 4.78 is 5.75. The molecule has 3 heterocycles. The SMILES string of the molecule is I.NC(=NCCCC1CCCCO1)N1CCN(c2nccs2)CC1. The highest BCUT2D eigenvalue weighted by Gasteiger charge is 2.19. The Hall–Kier alpha value is -0.610. The standard InChI is InChI=1S/C16H27N5OS.HI/c17-15(18-6-3-5-14-4-1-2-12-22-14)20-8-10-21(11-9-20)16-19-7-13-23-16;/h7,13-14H,1-6,8-12H2,(H2,17,18);1H. The highest BCUT2D eigenvalue weighted by molar-refractivity contribution is 14.0. The van der Waals surface area contributed by atoms with E-state index in [1.54, 1.807) is 11.3 Å². The van der Waals surface area contributed by atoms with Gasteiger partial charge in [-0.2, -0.15) is 0 Å². The molecular weight excluding hydrogens is 437 g/mol. The van der Waals surface area contributed by atoms with Crippen LogP contribution >= 0.6 is 35.3 Å². The lowest BCUT2D eigenvalue weighted by molar-refractivity contribution is 0.0105. The number of guanidine groups is 1. The van der Waals surface area contributed by atoms with Crippen molar-refractivity contribution in [1.82, 2.24) is 9.88 Å². The smallest absolute Gasteiger partial charge is 0.191 e. The van der Waals surface area contributed by atoms with Crippen LogP contribution in [0.1, 0.15) is 32.1 Å². The third-order valence-electron chi connectivity index (χ3n) is 4.53. The van der Waals surface area contributed by atoms with E-state index in [1.807, 2.05) is 11.6 Å². The Bertz CT molecular complexity index is 485. The minimum Gasteiger partial charge on any atom is -0.378 e. The number of hydrogen-bond donors (Lipinski definition) is 1. The lowest BCUT2D eigenvalue weighted by Crippen LogP contribution is -2.51. The second kappa shape index (κ2) is 10.4. The number of aliphatic imine (C=N–C) groups is 1. The van der Waals surface area contributed by atoms with Crippen LogP contribution < -0.4 is 10.6 Å². The molecule has 0 bridgehead atoms. The first-order valence-corrected chi connectivity index (χ1v) is 9.52. The molecule has 2 saturated heterocycles. The molecular formula is C16H28IN5OS. The fourth-order valence-electron chi connectivity index (χ4n) is 3.15. The van der Waals surface area contributed by atoms with Crippen LogP contribution in [0.5, 0.6) is 0 Å². The Labute approximate surface area is 165 Å². The molecule has 6 nitrogen and oxygen atoms in total. The first kappa shape index (κ1) is 19.7. The van der Waals surface area contributed by atoms with Gasteiger partial charge in [-0.25, -0.2) is 4.98 Å². The monoisotopic (exact) mass is 465 g/mol. The zero-order valence-electron chi connectivity index (χ0n) is 14.1. The largest absolute Gasteiger partial charge is 0.378 e. The molecule has 0 radical (unpaired) electrons. The first-order chi connectivity index (χ1) is 11.3. The average Bonchev–Trinajstić information content (AvgIpc) is 3.14. The van der Waals surface area contributed by atoms with Gasteiger partial charge >= 0.3 is 0 Å². The van der Waals surface area contributed by atoms with E-state index in [4.69, 9.17) is 10.5 Å². The van der Waals surface area contributed by atoms with Crippen LogP contribution in [-0.4, -0.2) is 61.3 Å². The van der Waals surface area contributed by atoms with E-state index in [0.29, 0.717) is 12.1 Å². The molecule has 136 valence electrons. The number of nitrogens with zero attached hydrogens (tertiary/aromatic N) is 4. The van der Waals surface area contributed by atoms with Gasteiger partial charge in [-0.3, -0.25) is 4.99 Å². The van der Waals surface area contributed by atoms with Crippen molar-refractivity contribution in [2.45, 2.75) is 38.2 Å². The van der Waals surface area contributed by atoms with Crippen molar-refractivity contribution in [3.63, 3.8) is 0 Å². The van der Waals surface area contributed by atoms with Crippen molar-refractivity contribution in [2.24, 2.45) is 10.7 Å². The summed E-state index contributed by atoms with van der Waals surface area (Å²) in [5.74, 6) is 0.688. The molecule has 24 heavy (non-hydrogen) atoms. The maximum atomic E-state index is 6.14. The first-order valence-electron chi connectivity index (χ1n) is 8.64. The molecule has 2 aliphatic rings. The van der Waals surface area contributed by atoms with Gasteiger partial charge in [0.05, 0.1) is 6.10 Å². The van der Waals surface area contributed by atoms with E-state index in [9.17, 15) is 0 Å². The van der Waals surface area contributed by atoms with Gasteiger partial charge in [-0.1, -0.05) is 0 Å². The van der Waals surface area contributed by atoms with E-state index in [1.165, 1.54) is 19.3 Å². The Morgan fingerprint density at radius 1 is 1.33 bits per heavy atom. The molecule has 8 heteroatoms. The van der Waals surface area contributed by atoms with E-state index in [2.05, 4.69) is 19.8 Å². The molecule has 2 N–H and O–H groups in total. The van der Waals surface area contributed by atoms with Crippen LogP contribution in [0.4, 0.5) is 5.13 Å². The summed E-state index contributed by atoms with van der Waals surface area (Å²) in [6.07, 6.45) is 8.20. The van der Waals surface area contributed by atoms with Gasteiger partial charge in [0, 0.05) is 50.9 Å². The summed E-state index contributed by atoms with van der Waals surface area (Å²) in [4.78, 5) is 13.4. The summed E-state index contributed by atoms with van der Waals surface area (Å²) in [6.45, 7) is 5.48. The van der Waals surface area contributed by atoms with Crippen LogP contribution in [0.25, 0.3) is 0 Å². The molecule has 1 aromatic rings. The molecule has 2 fully saturated rings. The van der Waals surface area contributed by atoms with Crippen molar-refractivity contribution in [1.29, 1.82) is 0 Å². The van der Waals surface area contributed by atoms with E-state index >= 15 is 0 Å². The Morgan fingerprint density at radius 2 is 2.17 bits per heavy atom. The number of piperazine rings is 1. The maximum absolute atomic E-state index is 6.14. The predicted molar refractivity (Wildman–Crippen MR) is 111 cm³/mol. The van der Waals surface area contributed by atoms with Gasteiger partial charge in [0.2, 0.25) is 0 Å². The second-order valence-electron chi connectivity index (χ2n) is 6.16. The van der Waals surface area contributed by atoms with Crippen LogP contribution in [0.15, 0.2) is 16.6 Å². The average molecular weight is 465 g/mol. The summed E-state index contributed by atoms with van der Waals surface area (Å²) in [5.41, 5.74) is 6.14. The highest BCUT2D eigenvalue weighted by atomic mass is 127. The zero-order valence-corrected chi connectivity index (χ0v) is 17.2. The molecule has 3 rings (SSSR count).